The van der Waals surface area contributed by atoms with Crippen molar-refractivity contribution in [1.82, 2.24) is 9.55 Å². The van der Waals surface area contributed by atoms with Crippen molar-refractivity contribution in [3.63, 3.8) is 0 Å². The first-order valence-electron chi connectivity index (χ1n) is 8.47. The Kier molecular flexibility index (Phi) is 5.66. The van der Waals surface area contributed by atoms with E-state index >= 15 is 0 Å². The molecule has 0 unspecified atom stereocenters. The number of imidazole rings is 1. The highest BCUT2D eigenvalue weighted by Gasteiger charge is 2.18. The van der Waals surface area contributed by atoms with Crippen LogP contribution < -0.4 is 5.73 Å². The predicted octanol–water partition coefficient (Wildman–Crippen LogP) is 5.10. The van der Waals surface area contributed by atoms with Gasteiger partial charge in [0.2, 0.25) is 0 Å². The molecule has 1 aromatic carbocycles. The van der Waals surface area contributed by atoms with Crippen LogP contribution in [0.1, 0.15) is 71.0 Å². The zero-order valence-corrected chi connectivity index (χ0v) is 13.7. The molecule has 0 aliphatic carbocycles. The SMILES string of the molecule is CCCCCCn1c(C(CC)CC)nc2c(N)cccc21. The number of nitrogen functional groups attached to an aromatic ring is 1. The quantitative estimate of drug-likeness (QED) is 0.542. The molecule has 1 aromatic heterocycles. The van der Waals surface area contributed by atoms with Crippen molar-refractivity contribution in [2.24, 2.45) is 0 Å². The average Bonchev–Trinajstić information content (AvgIpc) is 2.85. The normalized spacial score (nSPS) is 11.6. The molecule has 1 heterocycles. The first kappa shape index (κ1) is 15.9. The highest BCUT2D eigenvalue weighted by atomic mass is 15.1. The topological polar surface area (TPSA) is 43.8 Å². The molecule has 3 heteroatoms. The van der Waals surface area contributed by atoms with Crippen molar-refractivity contribution in [3.8, 4) is 0 Å². The van der Waals surface area contributed by atoms with Crippen molar-refractivity contribution in [2.45, 2.75) is 71.8 Å². The summed E-state index contributed by atoms with van der Waals surface area (Å²) in [5, 5.41) is 0. The fourth-order valence-corrected chi connectivity index (χ4v) is 3.08. The van der Waals surface area contributed by atoms with Crippen molar-refractivity contribution in [3.05, 3.63) is 24.0 Å². The molecule has 0 saturated heterocycles. The van der Waals surface area contributed by atoms with E-state index in [1.165, 1.54) is 37.0 Å². The molecule has 21 heavy (non-hydrogen) atoms. The number of rotatable bonds is 8. The molecule has 0 amide bonds. The summed E-state index contributed by atoms with van der Waals surface area (Å²) in [7, 11) is 0. The van der Waals surface area contributed by atoms with Crippen LogP contribution in [0.15, 0.2) is 18.2 Å². The number of hydrogen-bond acceptors (Lipinski definition) is 2. The van der Waals surface area contributed by atoms with Gasteiger partial charge in [-0.05, 0) is 31.4 Å². The van der Waals surface area contributed by atoms with Crippen molar-refractivity contribution < 1.29 is 0 Å². The van der Waals surface area contributed by atoms with Gasteiger partial charge >= 0.3 is 0 Å². The number of para-hydroxylation sites is 1. The third kappa shape index (κ3) is 3.39. The van der Waals surface area contributed by atoms with Crippen LogP contribution in [0.5, 0.6) is 0 Å². The maximum Gasteiger partial charge on any atom is 0.113 e. The van der Waals surface area contributed by atoms with Crippen LogP contribution in [0.25, 0.3) is 11.0 Å². The summed E-state index contributed by atoms with van der Waals surface area (Å²) in [4.78, 5) is 4.89. The highest BCUT2D eigenvalue weighted by molar-refractivity contribution is 5.87. The number of unbranched alkanes of at least 4 members (excludes halogenated alkanes) is 3. The van der Waals surface area contributed by atoms with Crippen LogP contribution in [-0.2, 0) is 6.54 Å². The summed E-state index contributed by atoms with van der Waals surface area (Å²) in [5.74, 6) is 1.76. The van der Waals surface area contributed by atoms with Gasteiger partial charge in [-0.3, -0.25) is 0 Å². The van der Waals surface area contributed by atoms with Crippen LogP contribution >= 0.6 is 0 Å². The van der Waals surface area contributed by atoms with Crippen molar-refractivity contribution in [1.29, 1.82) is 0 Å². The highest BCUT2D eigenvalue weighted by Crippen LogP contribution is 2.29. The molecule has 0 spiro atoms. The molecular weight excluding hydrogens is 258 g/mol. The second-order valence-corrected chi connectivity index (χ2v) is 5.91. The number of anilines is 1. The Labute approximate surface area is 128 Å². The van der Waals surface area contributed by atoms with Gasteiger partial charge in [-0.15, -0.1) is 0 Å². The number of nitrogens with zero attached hydrogens (tertiary/aromatic N) is 2. The molecule has 0 bridgehead atoms. The van der Waals surface area contributed by atoms with Gasteiger partial charge in [0.05, 0.1) is 11.2 Å². The molecule has 2 aromatic rings. The van der Waals surface area contributed by atoms with E-state index in [0.717, 1.165) is 30.6 Å². The lowest BCUT2D eigenvalue weighted by Crippen LogP contribution is -2.08. The van der Waals surface area contributed by atoms with E-state index in [0.29, 0.717) is 5.92 Å². The molecule has 0 saturated carbocycles. The molecule has 0 aliphatic heterocycles. The standard InChI is InChI=1S/C18H29N3/c1-4-7-8-9-13-21-16-12-10-11-15(19)17(16)20-18(21)14(5-2)6-3/h10-12,14H,4-9,13,19H2,1-3H3. The van der Waals surface area contributed by atoms with Crippen LogP contribution in [-0.4, -0.2) is 9.55 Å². The zero-order valence-electron chi connectivity index (χ0n) is 13.7. The average molecular weight is 287 g/mol. The maximum absolute atomic E-state index is 6.12. The molecule has 116 valence electrons. The van der Waals surface area contributed by atoms with Crippen LogP contribution in [0, 0.1) is 0 Å². The minimum Gasteiger partial charge on any atom is -0.397 e. The Balaban J connectivity index is 2.37. The Morgan fingerprint density at radius 1 is 1.10 bits per heavy atom. The van der Waals surface area contributed by atoms with Crippen molar-refractivity contribution >= 4 is 16.7 Å². The monoisotopic (exact) mass is 287 g/mol. The fourth-order valence-electron chi connectivity index (χ4n) is 3.08. The summed E-state index contributed by atoms with van der Waals surface area (Å²) < 4.78 is 2.42. The van der Waals surface area contributed by atoms with E-state index < -0.39 is 0 Å². The summed E-state index contributed by atoms with van der Waals surface area (Å²) >= 11 is 0. The van der Waals surface area contributed by atoms with Crippen LogP contribution in [0.3, 0.4) is 0 Å². The summed E-state index contributed by atoms with van der Waals surface area (Å²) in [6.45, 7) is 7.81. The van der Waals surface area contributed by atoms with Gasteiger partial charge in [-0.25, -0.2) is 4.98 Å². The molecule has 0 fully saturated rings. The Bertz CT molecular complexity index is 567. The third-order valence-electron chi connectivity index (χ3n) is 4.43. The van der Waals surface area contributed by atoms with E-state index in [2.05, 4.69) is 31.4 Å². The van der Waals surface area contributed by atoms with Gasteiger partial charge in [0.15, 0.2) is 0 Å². The zero-order chi connectivity index (χ0) is 15.2. The van der Waals surface area contributed by atoms with Gasteiger partial charge in [-0.2, -0.15) is 0 Å². The molecule has 3 nitrogen and oxygen atoms in total. The minimum absolute atomic E-state index is 0.531. The van der Waals surface area contributed by atoms with E-state index in [1.807, 2.05) is 12.1 Å². The van der Waals surface area contributed by atoms with Gasteiger partial charge in [-0.1, -0.05) is 46.1 Å². The van der Waals surface area contributed by atoms with Crippen LogP contribution in [0.4, 0.5) is 5.69 Å². The minimum atomic E-state index is 0.531. The van der Waals surface area contributed by atoms with Gasteiger partial charge in [0.25, 0.3) is 0 Å². The lowest BCUT2D eigenvalue weighted by Gasteiger charge is -2.15. The number of nitrogens with two attached hydrogens (primary N) is 1. The molecule has 0 atom stereocenters. The molecule has 2 rings (SSSR count). The van der Waals surface area contributed by atoms with Crippen LogP contribution in [0.2, 0.25) is 0 Å². The summed E-state index contributed by atoms with van der Waals surface area (Å²) in [6, 6.07) is 6.15. The number of benzene rings is 1. The number of hydrogen-bond donors (Lipinski definition) is 1. The van der Waals surface area contributed by atoms with Gasteiger partial charge < -0.3 is 10.3 Å². The van der Waals surface area contributed by atoms with E-state index in [9.17, 15) is 0 Å². The summed E-state index contributed by atoms with van der Waals surface area (Å²) in [6.07, 6.45) is 7.37. The van der Waals surface area contributed by atoms with Gasteiger partial charge in [0.1, 0.15) is 11.3 Å². The fraction of sp³-hybridized carbons (Fsp3) is 0.611. The predicted molar refractivity (Wildman–Crippen MR) is 91.6 cm³/mol. The van der Waals surface area contributed by atoms with E-state index in [4.69, 9.17) is 10.7 Å². The van der Waals surface area contributed by atoms with E-state index in [1.54, 1.807) is 0 Å². The number of fused-ring (bicyclic) bond motifs is 1. The molecular formula is C18H29N3. The Morgan fingerprint density at radius 3 is 2.52 bits per heavy atom. The molecule has 0 radical (unpaired) electrons. The maximum atomic E-state index is 6.12. The van der Waals surface area contributed by atoms with Crippen molar-refractivity contribution in [2.75, 3.05) is 5.73 Å². The molecule has 0 aliphatic rings. The Hall–Kier alpha value is -1.51. The molecule has 2 N–H and O–H groups in total. The first-order chi connectivity index (χ1) is 10.2. The second-order valence-electron chi connectivity index (χ2n) is 5.91. The smallest absolute Gasteiger partial charge is 0.113 e. The lowest BCUT2D eigenvalue weighted by atomic mass is 10.0. The third-order valence-corrected chi connectivity index (χ3v) is 4.43. The largest absolute Gasteiger partial charge is 0.397 e. The number of aryl methyl sites for hydroxylation is 1. The van der Waals surface area contributed by atoms with E-state index in [-0.39, 0.29) is 0 Å². The lowest BCUT2D eigenvalue weighted by molar-refractivity contribution is 0.525. The first-order valence-corrected chi connectivity index (χ1v) is 8.47. The second kappa shape index (κ2) is 7.48. The number of aromatic nitrogens is 2. The summed E-state index contributed by atoms with van der Waals surface area (Å²) in [5.41, 5.74) is 9.10. The van der Waals surface area contributed by atoms with Gasteiger partial charge in [0, 0.05) is 12.5 Å². The Morgan fingerprint density at radius 2 is 1.86 bits per heavy atom.